The smallest absolute Gasteiger partial charge is 0.229 e. The molecule has 5 rings (SSSR count). The van der Waals surface area contributed by atoms with Crippen molar-refractivity contribution in [3.05, 3.63) is 65.4 Å². The average molecular weight is 446 g/mol. The standard InChI is InChI=1S/C25H27N5OS/c1-16-9-7-13-21(17(16)2)26-24(31)19-10-8-14-29(15-19)25-27-23-22(32-25)18(3)28-30(23)20-11-5-4-6-12-20/h4-7,9,11-13,19H,8,10,14-15H2,1-3H3,(H,26,31)/t19-/m0/s1. The first kappa shape index (κ1) is 20.7. The molecule has 164 valence electrons. The normalized spacial score (nSPS) is 16.5. The Hall–Kier alpha value is -3.19. The third-order valence-corrected chi connectivity index (χ3v) is 7.52. The number of amides is 1. The molecule has 0 aliphatic carbocycles. The van der Waals surface area contributed by atoms with Gasteiger partial charge in [0, 0.05) is 18.8 Å². The molecule has 3 heterocycles. The SMILES string of the molecule is Cc1cccc(NC(=O)[C@H]2CCCN(c3nc4c(s3)c(C)nn4-c3ccccc3)C2)c1C. The zero-order valence-corrected chi connectivity index (χ0v) is 19.4. The average Bonchev–Trinajstić information content (AvgIpc) is 3.38. The number of piperidine rings is 1. The van der Waals surface area contributed by atoms with Crippen LogP contribution in [0.15, 0.2) is 48.5 Å². The fraction of sp³-hybridized carbons (Fsp3) is 0.320. The van der Waals surface area contributed by atoms with Crippen LogP contribution >= 0.6 is 11.3 Å². The Morgan fingerprint density at radius 1 is 1.09 bits per heavy atom. The lowest BCUT2D eigenvalue weighted by atomic mass is 9.97. The highest BCUT2D eigenvalue weighted by molar-refractivity contribution is 7.22. The summed E-state index contributed by atoms with van der Waals surface area (Å²) in [6.07, 6.45) is 1.87. The molecular weight excluding hydrogens is 418 g/mol. The summed E-state index contributed by atoms with van der Waals surface area (Å²) in [5, 5.41) is 8.82. The van der Waals surface area contributed by atoms with Crippen LogP contribution in [-0.2, 0) is 4.79 Å². The van der Waals surface area contributed by atoms with E-state index >= 15 is 0 Å². The molecule has 4 aromatic rings. The van der Waals surface area contributed by atoms with Gasteiger partial charge < -0.3 is 10.2 Å². The van der Waals surface area contributed by atoms with Crippen LogP contribution in [0.5, 0.6) is 0 Å². The van der Waals surface area contributed by atoms with E-state index in [0.717, 1.165) is 57.5 Å². The number of hydrogen-bond donors (Lipinski definition) is 1. The third kappa shape index (κ3) is 3.77. The van der Waals surface area contributed by atoms with Crippen LogP contribution in [0.2, 0.25) is 0 Å². The number of aromatic nitrogens is 3. The third-order valence-electron chi connectivity index (χ3n) is 6.30. The Bertz CT molecular complexity index is 1280. The van der Waals surface area contributed by atoms with Crippen molar-refractivity contribution in [2.24, 2.45) is 5.92 Å². The van der Waals surface area contributed by atoms with E-state index in [2.05, 4.69) is 30.1 Å². The van der Waals surface area contributed by atoms with Crippen LogP contribution < -0.4 is 10.2 Å². The first-order valence-electron chi connectivity index (χ1n) is 11.0. The topological polar surface area (TPSA) is 63.1 Å². The van der Waals surface area contributed by atoms with E-state index in [9.17, 15) is 4.79 Å². The second-order valence-electron chi connectivity index (χ2n) is 8.50. The minimum absolute atomic E-state index is 0.0533. The molecule has 1 fully saturated rings. The quantitative estimate of drug-likeness (QED) is 0.465. The molecule has 6 nitrogen and oxygen atoms in total. The lowest BCUT2D eigenvalue weighted by Gasteiger charge is -2.31. The minimum Gasteiger partial charge on any atom is -0.347 e. The fourth-order valence-corrected chi connectivity index (χ4v) is 5.32. The van der Waals surface area contributed by atoms with Gasteiger partial charge in [0.15, 0.2) is 10.8 Å². The summed E-state index contributed by atoms with van der Waals surface area (Å²) in [5.74, 6) is 0.0403. The van der Waals surface area contributed by atoms with Crippen LogP contribution in [0.25, 0.3) is 16.0 Å². The summed E-state index contributed by atoms with van der Waals surface area (Å²) in [7, 11) is 0. The summed E-state index contributed by atoms with van der Waals surface area (Å²) in [5.41, 5.74) is 6.09. The maximum Gasteiger partial charge on any atom is 0.229 e. The summed E-state index contributed by atoms with van der Waals surface area (Å²) in [4.78, 5) is 20.3. The van der Waals surface area contributed by atoms with Crippen molar-refractivity contribution < 1.29 is 4.79 Å². The largest absolute Gasteiger partial charge is 0.347 e. The second kappa shape index (κ2) is 8.39. The van der Waals surface area contributed by atoms with Gasteiger partial charge in [-0.2, -0.15) is 10.1 Å². The molecule has 1 atom stereocenters. The Morgan fingerprint density at radius 3 is 2.72 bits per heavy atom. The molecule has 1 aliphatic heterocycles. The number of thiazole rings is 1. The first-order valence-corrected chi connectivity index (χ1v) is 11.9. The summed E-state index contributed by atoms with van der Waals surface area (Å²) >= 11 is 1.67. The molecular formula is C25H27N5OS. The number of para-hydroxylation sites is 1. The Labute approximate surface area is 191 Å². The van der Waals surface area contributed by atoms with Crippen molar-refractivity contribution in [3.63, 3.8) is 0 Å². The molecule has 0 radical (unpaired) electrons. The molecule has 1 amide bonds. The zero-order chi connectivity index (χ0) is 22.2. The van der Waals surface area contributed by atoms with Crippen molar-refractivity contribution in [2.75, 3.05) is 23.3 Å². The molecule has 0 unspecified atom stereocenters. The second-order valence-corrected chi connectivity index (χ2v) is 9.48. The lowest BCUT2D eigenvalue weighted by Crippen LogP contribution is -2.40. The van der Waals surface area contributed by atoms with Crippen molar-refractivity contribution in [1.29, 1.82) is 0 Å². The zero-order valence-electron chi connectivity index (χ0n) is 18.6. The van der Waals surface area contributed by atoms with Gasteiger partial charge in [-0.15, -0.1) is 0 Å². The van der Waals surface area contributed by atoms with E-state index in [1.165, 1.54) is 5.56 Å². The maximum atomic E-state index is 13.1. The number of aryl methyl sites for hydroxylation is 2. The number of carbonyl (C=O) groups is 1. The van der Waals surface area contributed by atoms with E-state index in [1.54, 1.807) is 11.3 Å². The predicted octanol–water partition coefficient (Wildman–Crippen LogP) is 5.26. The van der Waals surface area contributed by atoms with Gasteiger partial charge >= 0.3 is 0 Å². The number of anilines is 2. The van der Waals surface area contributed by atoms with Gasteiger partial charge in [0.1, 0.15) is 0 Å². The summed E-state index contributed by atoms with van der Waals surface area (Å²) in [6.45, 7) is 7.75. The van der Waals surface area contributed by atoms with Gasteiger partial charge in [0.2, 0.25) is 5.91 Å². The molecule has 1 aliphatic rings. The monoisotopic (exact) mass is 445 g/mol. The molecule has 32 heavy (non-hydrogen) atoms. The highest BCUT2D eigenvalue weighted by atomic mass is 32.1. The fourth-order valence-electron chi connectivity index (χ4n) is 4.29. The Morgan fingerprint density at radius 2 is 1.91 bits per heavy atom. The molecule has 2 aromatic heterocycles. The van der Waals surface area contributed by atoms with Crippen molar-refractivity contribution in [3.8, 4) is 5.69 Å². The number of fused-ring (bicyclic) bond motifs is 1. The van der Waals surface area contributed by atoms with Gasteiger partial charge in [-0.05, 0) is 62.9 Å². The number of hydrogen-bond acceptors (Lipinski definition) is 5. The highest BCUT2D eigenvalue weighted by Gasteiger charge is 2.28. The van der Waals surface area contributed by atoms with Gasteiger partial charge in [-0.25, -0.2) is 4.68 Å². The molecule has 1 N–H and O–H groups in total. The number of benzene rings is 2. The molecule has 0 bridgehead atoms. The van der Waals surface area contributed by atoms with E-state index in [0.29, 0.717) is 6.54 Å². The maximum absolute atomic E-state index is 13.1. The van der Waals surface area contributed by atoms with Crippen LogP contribution in [0.4, 0.5) is 10.8 Å². The molecule has 2 aromatic carbocycles. The number of rotatable bonds is 4. The number of nitrogens with one attached hydrogen (secondary N) is 1. The lowest BCUT2D eigenvalue weighted by molar-refractivity contribution is -0.120. The van der Waals surface area contributed by atoms with Crippen LogP contribution in [0.1, 0.15) is 29.7 Å². The summed E-state index contributed by atoms with van der Waals surface area (Å²) < 4.78 is 3.02. The van der Waals surface area contributed by atoms with Crippen LogP contribution in [0, 0.1) is 26.7 Å². The molecule has 0 spiro atoms. The molecule has 1 saturated heterocycles. The minimum atomic E-state index is -0.0533. The van der Waals surface area contributed by atoms with Crippen LogP contribution in [-0.4, -0.2) is 33.8 Å². The van der Waals surface area contributed by atoms with Gasteiger partial charge in [-0.1, -0.05) is 41.7 Å². The summed E-state index contributed by atoms with van der Waals surface area (Å²) in [6, 6.07) is 16.1. The first-order chi connectivity index (χ1) is 15.5. The van der Waals surface area contributed by atoms with Crippen molar-refractivity contribution in [1.82, 2.24) is 14.8 Å². The van der Waals surface area contributed by atoms with Crippen molar-refractivity contribution >= 4 is 38.4 Å². The van der Waals surface area contributed by atoms with Gasteiger partial charge in [0.05, 0.1) is 22.0 Å². The Balaban J connectivity index is 1.37. The van der Waals surface area contributed by atoms with Gasteiger partial charge in [0.25, 0.3) is 0 Å². The number of nitrogens with zero attached hydrogens (tertiary/aromatic N) is 4. The van der Waals surface area contributed by atoms with E-state index in [1.807, 2.05) is 54.1 Å². The highest BCUT2D eigenvalue weighted by Crippen LogP contribution is 2.34. The van der Waals surface area contributed by atoms with E-state index in [4.69, 9.17) is 10.1 Å². The van der Waals surface area contributed by atoms with E-state index < -0.39 is 0 Å². The Kier molecular flexibility index (Phi) is 5.43. The molecule has 0 saturated carbocycles. The number of carbonyl (C=O) groups excluding carboxylic acids is 1. The van der Waals surface area contributed by atoms with Crippen molar-refractivity contribution in [2.45, 2.75) is 33.6 Å². The van der Waals surface area contributed by atoms with Crippen LogP contribution in [0.3, 0.4) is 0 Å². The van der Waals surface area contributed by atoms with Gasteiger partial charge in [-0.3, -0.25) is 4.79 Å². The predicted molar refractivity (Wildman–Crippen MR) is 131 cm³/mol. The molecule has 7 heteroatoms. The van der Waals surface area contributed by atoms with E-state index in [-0.39, 0.29) is 11.8 Å².